The summed E-state index contributed by atoms with van der Waals surface area (Å²) in [7, 11) is 1.25. The van der Waals surface area contributed by atoms with Crippen LogP contribution in [0.2, 0.25) is 0 Å². The van der Waals surface area contributed by atoms with Crippen LogP contribution in [0.15, 0.2) is 18.2 Å². The van der Waals surface area contributed by atoms with Crippen LogP contribution in [0, 0.1) is 5.82 Å². The zero-order chi connectivity index (χ0) is 13.7. The fourth-order valence-corrected chi connectivity index (χ4v) is 3.36. The lowest BCUT2D eigenvalue weighted by Gasteiger charge is -2.10. The number of rotatable bonds is 5. The van der Waals surface area contributed by atoms with E-state index in [9.17, 15) is 9.18 Å². The summed E-state index contributed by atoms with van der Waals surface area (Å²) in [5.74, 6) is 0.0789. The van der Waals surface area contributed by atoms with Crippen LogP contribution in [-0.4, -0.2) is 30.6 Å². The molecule has 1 unspecified atom stereocenters. The second-order valence-corrected chi connectivity index (χ2v) is 5.98. The Morgan fingerprint density at radius 2 is 2.42 bits per heavy atom. The number of thioether (sulfide) groups is 1. The summed E-state index contributed by atoms with van der Waals surface area (Å²) in [6.07, 6.45) is 2.55. The van der Waals surface area contributed by atoms with Gasteiger partial charge in [0, 0.05) is 18.3 Å². The Hall–Kier alpha value is -1.07. The molecule has 0 saturated carbocycles. The van der Waals surface area contributed by atoms with Crippen molar-refractivity contribution < 1.29 is 13.9 Å². The predicted molar refractivity (Wildman–Crippen MR) is 74.9 cm³/mol. The van der Waals surface area contributed by atoms with Crippen LogP contribution in [-0.2, 0) is 11.3 Å². The number of hydrogen-bond acceptors (Lipinski definition) is 4. The second kappa shape index (κ2) is 6.91. The third kappa shape index (κ3) is 3.94. The highest BCUT2D eigenvalue weighted by molar-refractivity contribution is 8.00. The highest BCUT2D eigenvalue weighted by Gasteiger charge is 2.15. The van der Waals surface area contributed by atoms with Crippen molar-refractivity contribution in [2.24, 2.45) is 0 Å². The molecule has 0 bridgehead atoms. The maximum atomic E-state index is 13.7. The summed E-state index contributed by atoms with van der Waals surface area (Å²) in [4.78, 5) is 11.3. The number of nitrogens with one attached hydrogen (secondary N) is 1. The number of esters is 1. The molecule has 0 radical (unpaired) electrons. The van der Waals surface area contributed by atoms with Gasteiger partial charge in [-0.15, -0.1) is 0 Å². The Morgan fingerprint density at radius 1 is 1.58 bits per heavy atom. The third-order valence-electron chi connectivity index (χ3n) is 3.16. The van der Waals surface area contributed by atoms with E-state index in [2.05, 4.69) is 10.1 Å². The highest BCUT2D eigenvalue weighted by atomic mass is 32.2. The molecule has 1 N–H and O–H groups in total. The first-order chi connectivity index (χ1) is 9.20. The molecule has 0 aliphatic carbocycles. The van der Waals surface area contributed by atoms with Crippen molar-refractivity contribution in [1.82, 2.24) is 5.32 Å². The van der Waals surface area contributed by atoms with Gasteiger partial charge < -0.3 is 10.1 Å². The molecule has 1 aliphatic rings. The Balaban J connectivity index is 1.87. The van der Waals surface area contributed by atoms with E-state index >= 15 is 0 Å². The van der Waals surface area contributed by atoms with Crippen molar-refractivity contribution >= 4 is 17.7 Å². The number of hydrogen-bond donors (Lipinski definition) is 1. The largest absolute Gasteiger partial charge is 0.465 e. The maximum absolute atomic E-state index is 13.7. The summed E-state index contributed by atoms with van der Waals surface area (Å²) < 4.78 is 18.2. The van der Waals surface area contributed by atoms with E-state index in [0.717, 1.165) is 12.1 Å². The van der Waals surface area contributed by atoms with Gasteiger partial charge >= 0.3 is 5.97 Å². The van der Waals surface area contributed by atoms with Gasteiger partial charge in [-0.2, -0.15) is 11.8 Å². The molecule has 19 heavy (non-hydrogen) atoms. The van der Waals surface area contributed by atoms with Gasteiger partial charge in [0.15, 0.2) is 0 Å². The fourth-order valence-electron chi connectivity index (χ4n) is 2.13. The summed E-state index contributed by atoms with van der Waals surface area (Å²) >= 11 is 1.99. The zero-order valence-corrected chi connectivity index (χ0v) is 11.8. The first-order valence-corrected chi connectivity index (χ1v) is 7.44. The van der Waals surface area contributed by atoms with Gasteiger partial charge in [0.05, 0.1) is 12.7 Å². The number of benzene rings is 1. The molecule has 0 amide bonds. The van der Waals surface area contributed by atoms with Gasteiger partial charge in [-0.25, -0.2) is 9.18 Å². The van der Waals surface area contributed by atoms with Crippen molar-refractivity contribution in [1.29, 1.82) is 0 Å². The molecule has 3 nitrogen and oxygen atoms in total. The van der Waals surface area contributed by atoms with Gasteiger partial charge in [-0.3, -0.25) is 0 Å². The Morgan fingerprint density at radius 3 is 3.05 bits per heavy atom. The van der Waals surface area contributed by atoms with Gasteiger partial charge in [0.2, 0.25) is 0 Å². The van der Waals surface area contributed by atoms with E-state index in [1.165, 1.54) is 37.8 Å². The topological polar surface area (TPSA) is 38.3 Å². The standard InChI is InChI=1S/C14H18FNO2S/c1-18-14(17)12-5-4-10(7-13(12)15)8-16-9-11-3-2-6-19-11/h4-5,7,11,16H,2-3,6,8-9H2,1H3. The number of ether oxygens (including phenoxy) is 1. The molecule has 0 aromatic heterocycles. The number of halogens is 1. The van der Waals surface area contributed by atoms with Gasteiger partial charge in [-0.05, 0) is 36.3 Å². The van der Waals surface area contributed by atoms with E-state index in [0.29, 0.717) is 11.8 Å². The lowest BCUT2D eigenvalue weighted by molar-refractivity contribution is 0.0595. The van der Waals surface area contributed by atoms with Gasteiger partial charge in [0.1, 0.15) is 5.82 Å². The van der Waals surface area contributed by atoms with Crippen LogP contribution >= 0.6 is 11.8 Å². The molecule has 0 spiro atoms. The second-order valence-electron chi connectivity index (χ2n) is 4.57. The summed E-state index contributed by atoms with van der Waals surface area (Å²) in [6, 6.07) is 4.62. The van der Waals surface area contributed by atoms with Crippen LogP contribution in [0.1, 0.15) is 28.8 Å². The van der Waals surface area contributed by atoms with Crippen molar-refractivity contribution in [3.05, 3.63) is 35.1 Å². The smallest absolute Gasteiger partial charge is 0.340 e. The van der Waals surface area contributed by atoms with Crippen molar-refractivity contribution in [2.75, 3.05) is 19.4 Å². The van der Waals surface area contributed by atoms with E-state index < -0.39 is 11.8 Å². The van der Waals surface area contributed by atoms with Crippen LogP contribution in [0.5, 0.6) is 0 Å². The van der Waals surface area contributed by atoms with E-state index in [4.69, 9.17) is 0 Å². The first kappa shape index (κ1) is 14.3. The van der Waals surface area contributed by atoms with E-state index in [1.807, 2.05) is 11.8 Å². The molecule has 1 aliphatic heterocycles. The lowest BCUT2D eigenvalue weighted by atomic mass is 10.1. The molecule has 1 aromatic rings. The van der Waals surface area contributed by atoms with Gasteiger partial charge in [-0.1, -0.05) is 6.07 Å². The minimum Gasteiger partial charge on any atom is -0.465 e. The minimum atomic E-state index is -0.639. The Bertz CT molecular complexity index is 447. The van der Waals surface area contributed by atoms with E-state index in [-0.39, 0.29) is 5.56 Å². The monoisotopic (exact) mass is 283 g/mol. The normalized spacial score (nSPS) is 18.5. The van der Waals surface area contributed by atoms with Gasteiger partial charge in [0.25, 0.3) is 0 Å². The SMILES string of the molecule is COC(=O)c1ccc(CNCC2CCCS2)cc1F. The molecular formula is C14H18FNO2S. The Labute approximate surface area is 116 Å². The average molecular weight is 283 g/mol. The number of methoxy groups -OCH3 is 1. The molecule has 5 heteroatoms. The lowest BCUT2D eigenvalue weighted by Crippen LogP contribution is -2.22. The van der Waals surface area contributed by atoms with Crippen LogP contribution in [0.3, 0.4) is 0 Å². The van der Waals surface area contributed by atoms with Crippen LogP contribution in [0.25, 0.3) is 0 Å². The fraction of sp³-hybridized carbons (Fsp3) is 0.500. The molecule has 1 atom stereocenters. The average Bonchev–Trinajstić information content (AvgIpc) is 2.91. The number of carbonyl (C=O) groups is 1. The maximum Gasteiger partial charge on any atom is 0.340 e. The first-order valence-electron chi connectivity index (χ1n) is 6.40. The van der Waals surface area contributed by atoms with Crippen LogP contribution in [0.4, 0.5) is 4.39 Å². The molecule has 1 aromatic carbocycles. The molecule has 1 fully saturated rings. The summed E-state index contributed by atoms with van der Waals surface area (Å²) in [6.45, 7) is 1.57. The minimum absolute atomic E-state index is 0.0161. The van der Waals surface area contributed by atoms with Crippen molar-refractivity contribution in [3.8, 4) is 0 Å². The molecular weight excluding hydrogens is 265 g/mol. The molecule has 2 rings (SSSR count). The van der Waals surface area contributed by atoms with Crippen LogP contribution < -0.4 is 5.32 Å². The zero-order valence-electron chi connectivity index (χ0n) is 10.9. The summed E-state index contributed by atoms with van der Waals surface area (Å²) in [5, 5.41) is 4.01. The summed E-state index contributed by atoms with van der Waals surface area (Å²) in [5.41, 5.74) is 0.825. The molecule has 104 valence electrons. The molecule has 1 heterocycles. The van der Waals surface area contributed by atoms with Crippen molar-refractivity contribution in [3.63, 3.8) is 0 Å². The van der Waals surface area contributed by atoms with Crippen molar-refractivity contribution in [2.45, 2.75) is 24.6 Å². The van der Waals surface area contributed by atoms with E-state index in [1.54, 1.807) is 6.07 Å². The quantitative estimate of drug-likeness (QED) is 0.843. The highest BCUT2D eigenvalue weighted by Crippen LogP contribution is 2.25. The Kier molecular flexibility index (Phi) is 5.22. The third-order valence-corrected chi connectivity index (χ3v) is 4.56. The molecule has 1 saturated heterocycles. The predicted octanol–water partition coefficient (Wildman–Crippen LogP) is 2.60. The number of carbonyl (C=O) groups excluding carboxylic acids is 1.